The van der Waals surface area contributed by atoms with Gasteiger partial charge in [0, 0.05) is 45.5 Å². The summed E-state index contributed by atoms with van der Waals surface area (Å²) in [7, 11) is 1.89. The predicted molar refractivity (Wildman–Crippen MR) is 125 cm³/mol. The average molecular weight is 532 g/mol. The van der Waals surface area contributed by atoms with Crippen LogP contribution in [0.3, 0.4) is 0 Å². The number of morpholine rings is 1. The minimum Gasteiger partial charge on any atom is -0.374 e. The zero-order valence-corrected chi connectivity index (χ0v) is 20.4. The van der Waals surface area contributed by atoms with Crippen molar-refractivity contribution in [1.29, 1.82) is 0 Å². The Hall–Kier alpha value is -0.220. The molecule has 1 unspecified atom stereocenters. The molecule has 1 saturated heterocycles. The first-order valence-corrected chi connectivity index (χ1v) is 10.0. The summed E-state index contributed by atoms with van der Waals surface area (Å²) in [6, 6.07) is 1.85. The van der Waals surface area contributed by atoms with Crippen molar-refractivity contribution >= 4 is 53.1 Å². The van der Waals surface area contributed by atoms with E-state index in [1.54, 1.807) is 0 Å². The molecular formula is C18H32Cl2IN5O. The molecule has 0 spiro atoms. The molecular weight excluding hydrogens is 500 g/mol. The third-order valence-electron chi connectivity index (χ3n) is 4.30. The Kier molecular flexibility index (Phi) is 11.4. The minimum atomic E-state index is 0. The fraction of sp³-hybridized carbons (Fsp3) is 0.722. The zero-order chi connectivity index (χ0) is 19.1. The lowest BCUT2D eigenvalue weighted by Gasteiger charge is -2.34. The van der Waals surface area contributed by atoms with Crippen molar-refractivity contribution in [2.24, 2.45) is 18.0 Å². The maximum atomic E-state index is 6.12. The fourth-order valence-corrected chi connectivity index (χ4v) is 3.45. The molecule has 1 atom stereocenters. The summed E-state index contributed by atoms with van der Waals surface area (Å²) in [5.74, 6) is 1.44. The second-order valence-electron chi connectivity index (χ2n) is 7.06. The van der Waals surface area contributed by atoms with E-state index in [9.17, 15) is 0 Å². The number of nitrogens with one attached hydrogen (secondary N) is 2. The first-order valence-electron chi connectivity index (χ1n) is 9.26. The normalized spacial score (nSPS) is 18.5. The lowest BCUT2D eigenvalue weighted by atomic mass is 10.2. The monoisotopic (exact) mass is 531 g/mol. The molecule has 9 heteroatoms. The summed E-state index contributed by atoms with van der Waals surface area (Å²) in [5.41, 5.74) is 0.967. The van der Waals surface area contributed by atoms with Crippen molar-refractivity contribution in [2.45, 2.75) is 33.4 Å². The third kappa shape index (κ3) is 7.97. The van der Waals surface area contributed by atoms with E-state index in [0.29, 0.717) is 22.6 Å². The molecule has 2 rings (SSSR count). The summed E-state index contributed by atoms with van der Waals surface area (Å²) in [6.45, 7) is 12.4. The van der Waals surface area contributed by atoms with Gasteiger partial charge in [0.15, 0.2) is 5.96 Å². The number of guanidine groups is 1. The summed E-state index contributed by atoms with van der Waals surface area (Å²) in [4.78, 5) is 7.11. The lowest BCUT2D eigenvalue weighted by molar-refractivity contribution is -0.0284. The van der Waals surface area contributed by atoms with Crippen LogP contribution in [0.1, 0.15) is 26.5 Å². The summed E-state index contributed by atoms with van der Waals surface area (Å²) in [5, 5.41) is 7.75. The fourth-order valence-electron chi connectivity index (χ4n) is 3.04. The molecule has 27 heavy (non-hydrogen) atoms. The van der Waals surface area contributed by atoms with Gasteiger partial charge in [-0.25, -0.2) is 4.99 Å². The smallest absolute Gasteiger partial charge is 0.191 e. The van der Waals surface area contributed by atoms with Gasteiger partial charge >= 0.3 is 0 Å². The van der Waals surface area contributed by atoms with Gasteiger partial charge in [-0.1, -0.05) is 37.0 Å². The highest BCUT2D eigenvalue weighted by Crippen LogP contribution is 2.25. The minimum absolute atomic E-state index is 0. The molecule has 0 radical (unpaired) electrons. The number of aliphatic imine (C=N–C) groups is 1. The van der Waals surface area contributed by atoms with Gasteiger partial charge in [-0.15, -0.1) is 24.0 Å². The molecule has 0 saturated carbocycles. The van der Waals surface area contributed by atoms with E-state index in [2.05, 4.69) is 41.3 Å². The molecule has 0 aliphatic carbocycles. The van der Waals surface area contributed by atoms with E-state index >= 15 is 0 Å². The largest absolute Gasteiger partial charge is 0.374 e. The van der Waals surface area contributed by atoms with Crippen LogP contribution >= 0.6 is 47.2 Å². The van der Waals surface area contributed by atoms with E-state index in [1.165, 1.54) is 0 Å². The SMILES string of the molecule is CCNC(=NCc1cc(Cl)c(Cl)n1C)NCC1CN(CC(C)C)CCO1.I. The summed E-state index contributed by atoms with van der Waals surface area (Å²) >= 11 is 12.2. The van der Waals surface area contributed by atoms with Crippen LogP contribution in [0.5, 0.6) is 0 Å². The van der Waals surface area contributed by atoms with E-state index < -0.39 is 0 Å². The molecule has 1 aliphatic rings. The Balaban J connectivity index is 0.00000364. The van der Waals surface area contributed by atoms with Crippen LogP contribution in [0.15, 0.2) is 11.1 Å². The van der Waals surface area contributed by atoms with E-state index in [-0.39, 0.29) is 30.1 Å². The van der Waals surface area contributed by atoms with Crippen LogP contribution in [0, 0.1) is 5.92 Å². The molecule has 1 fully saturated rings. The number of hydrogen-bond donors (Lipinski definition) is 2. The average Bonchev–Trinajstić information content (AvgIpc) is 2.84. The highest BCUT2D eigenvalue weighted by atomic mass is 127. The van der Waals surface area contributed by atoms with Gasteiger partial charge in [0.05, 0.1) is 24.3 Å². The van der Waals surface area contributed by atoms with Gasteiger partial charge < -0.3 is 19.9 Å². The standard InChI is InChI=1S/C18H31Cl2N5O.HI/c1-5-21-18(22-9-14-8-16(19)17(20)24(14)4)23-10-15-12-25(6-7-26-15)11-13(2)3;/h8,13,15H,5-7,9-12H2,1-4H3,(H2,21,22,23);1H. The Morgan fingerprint density at radius 1 is 1.37 bits per heavy atom. The van der Waals surface area contributed by atoms with E-state index in [1.807, 2.05) is 17.7 Å². The van der Waals surface area contributed by atoms with Crippen molar-refractivity contribution in [3.05, 3.63) is 21.9 Å². The van der Waals surface area contributed by atoms with Gasteiger partial charge in [-0.05, 0) is 18.9 Å². The Bertz CT molecular complexity index is 609. The second-order valence-corrected chi connectivity index (χ2v) is 7.82. The second kappa shape index (κ2) is 12.4. The van der Waals surface area contributed by atoms with Crippen molar-refractivity contribution in [2.75, 3.05) is 39.3 Å². The van der Waals surface area contributed by atoms with Crippen LogP contribution in [-0.4, -0.2) is 60.9 Å². The Morgan fingerprint density at radius 3 is 2.70 bits per heavy atom. The highest BCUT2D eigenvalue weighted by molar-refractivity contribution is 14.0. The van der Waals surface area contributed by atoms with Gasteiger partial charge in [-0.3, -0.25) is 4.90 Å². The molecule has 1 aliphatic heterocycles. The number of nitrogens with zero attached hydrogens (tertiary/aromatic N) is 3. The van der Waals surface area contributed by atoms with Gasteiger partial charge in [-0.2, -0.15) is 0 Å². The van der Waals surface area contributed by atoms with E-state index in [4.69, 9.17) is 27.9 Å². The molecule has 2 heterocycles. The van der Waals surface area contributed by atoms with Gasteiger partial charge in [0.25, 0.3) is 0 Å². The van der Waals surface area contributed by atoms with Crippen molar-refractivity contribution in [3.63, 3.8) is 0 Å². The lowest BCUT2D eigenvalue weighted by Crippen LogP contribution is -2.50. The van der Waals surface area contributed by atoms with Crippen LogP contribution in [0.25, 0.3) is 0 Å². The molecule has 0 amide bonds. The molecule has 1 aromatic rings. The van der Waals surface area contributed by atoms with Crippen LogP contribution in [0.2, 0.25) is 10.2 Å². The zero-order valence-electron chi connectivity index (χ0n) is 16.6. The Morgan fingerprint density at radius 2 is 2.11 bits per heavy atom. The van der Waals surface area contributed by atoms with Crippen molar-refractivity contribution in [1.82, 2.24) is 20.1 Å². The molecule has 156 valence electrons. The Labute approximate surface area is 190 Å². The number of halogens is 3. The maximum Gasteiger partial charge on any atom is 0.191 e. The number of aromatic nitrogens is 1. The molecule has 2 N–H and O–H groups in total. The number of hydrogen-bond acceptors (Lipinski definition) is 3. The van der Waals surface area contributed by atoms with Crippen LogP contribution in [0.4, 0.5) is 0 Å². The van der Waals surface area contributed by atoms with Crippen LogP contribution < -0.4 is 10.6 Å². The molecule has 0 aromatic carbocycles. The quantitative estimate of drug-likeness (QED) is 0.322. The number of rotatable bonds is 7. The van der Waals surface area contributed by atoms with Gasteiger partial charge in [0.2, 0.25) is 0 Å². The molecule has 1 aromatic heterocycles. The first kappa shape index (κ1) is 24.8. The van der Waals surface area contributed by atoms with Crippen LogP contribution in [-0.2, 0) is 18.3 Å². The summed E-state index contributed by atoms with van der Waals surface area (Å²) < 4.78 is 7.75. The van der Waals surface area contributed by atoms with E-state index in [0.717, 1.165) is 51.0 Å². The first-order chi connectivity index (χ1) is 12.4. The third-order valence-corrected chi connectivity index (χ3v) is 5.14. The van der Waals surface area contributed by atoms with Crippen molar-refractivity contribution < 1.29 is 4.74 Å². The predicted octanol–water partition coefficient (Wildman–Crippen LogP) is 3.36. The highest BCUT2D eigenvalue weighted by Gasteiger charge is 2.21. The molecule has 0 bridgehead atoms. The number of ether oxygens (including phenoxy) is 1. The van der Waals surface area contributed by atoms with Crippen molar-refractivity contribution in [3.8, 4) is 0 Å². The molecule has 6 nitrogen and oxygen atoms in total. The summed E-state index contributed by atoms with van der Waals surface area (Å²) in [6.07, 6.45) is 0.172. The topological polar surface area (TPSA) is 53.8 Å². The van der Waals surface area contributed by atoms with Gasteiger partial charge in [0.1, 0.15) is 5.15 Å². The maximum absolute atomic E-state index is 6.12.